The second-order valence-electron chi connectivity index (χ2n) is 7.39. The van der Waals surface area contributed by atoms with Crippen LogP contribution in [0.25, 0.3) is 5.52 Å². The molecule has 2 aromatic heterocycles. The molecule has 10 heteroatoms. The molecule has 0 saturated heterocycles. The number of fused-ring (bicyclic) bond motifs is 1. The van der Waals surface area contributed by atoms with Gasteiger partial charge in [0.15, 0.2) is 11.6 Å². The van der Waals surface area contributed by atoms with E-state index < -0.39 is 22.4 Å². The number of methoxy groups -OCH3 is 1. The fraction of sp³-hybridized carbons (Fsp3) is 0.250. The van der Waals surface area contributed by atoms with Crippen LogP contribution >= 0.6 is 0 Å². The van der Waals surface area contributed by atoms with Crippen LogP contribution in [0.2, 0.25) is 0 Å². The highest BCUT2D eigenvalue weighted by atomic mass is 16.6. The highest BCUT2D eigenvalue weighted by Crippen LogP contribution is 2.28. The summed E-state index contributed by atoms with van der Waals surface area (Å²) in [7, 11) is 1.29. The van der Waals surface area contributed by atoms with Crippen molar-refractivity contribution in [1.29, 1.82) is 0 Å². The average molecular weight is 412 g/mol. The van der Waals surface area contributed by atoms with Gasteiger partial charge in [0, 0.05) is 17.8 Å². The summed E-state index contributed by atoms with van der Waals surface area (Å²) in [5.74, 6) is -0.412. The number of rotatable bonds is 5. The quantitative estimate of drug-likeness (QED) is 0.383. The molecular formula is C20H20N4O6. The van der Waals surface area contributed by atoms with E-state index in [0.717, 1.165) is 0 Å². The molecule has 0 atom stereocenters. The lowest BCUT2D eigenvalue weighted by atomic mass is 10.1. The van der Waals surface area contributed by atoms with Gasteiger partial charge in [-0.15, -0.1) is 0 Å². The second-order valence-corrected chi connectivity index (χ2v) is 7.39. The van der Waals surface area contributed by atoms with Crippen LogP contribution in [-0.2, 0) is 4.74 Å². The van der Waals surface area contributed by atoms with Crippen LogP contribution in [0, 0.1) is 10.1 Å². The number of ether oxygens (including phenoxy) is 2. The normalized spacial score (nSPS) is 11.2. The maximum atomic E-state index is 13.0. The molecule has 0 aliphatic carbocycles. The Bertz CT molecular complexity index is 1150. The molecule has 1 amide bonds. The summed E-state index contributed by atoms with van der Waals surface area (Å²) in [5, 5.41) is 13.7. The predicted octanol–water partition coefficient (Wildman–Crippen LogP) is 3.83. The van der Waals surface area contributed by atoms with E-state index in [-0.39, 0.29) is 22.8 Å². The minimum atomic E-state index is -0.653. The Balaban J connectivity index is 1.93. The molecule has 0 radical (unpaired) electrons. The number of anilines is 1. The van der Waals surface area contributed by atoms with Gasteiger partial charge >= 0.3 is 11.8 Å². The predicted molar refractivity (Wildman–Crippen MR) is 108 cm³/mol. The molecule has 0 saturated carbocycles. The van der Waals surface area contributed by atoms with Crippen LogP contribution in [0.5, 0.6) is 5.75 Å². The lowest BCUT2D eigenvalue weighted by molar-refractivity contribution is -0.385. The standard InChI is InChI=1S/C20H20N4O6/c1-20(2,3)30-19(26)22-13-6-7-14-10-21-18(23(14)11-13)17(25)12-5-8-15(24(27)28)16(9-12)29-4/h5-11H,1-4H3,(H,22,26). The van der Waals surface area contributed by atoms with E-state index in [1.165, 1.54) is 35.9 Å². The van der Waals surface area contributed by atoms with Gasteiger partial charge in [-0.3, -0.25) is 24.6 Å². The first-order valence-electron chi connectivity index (χ1n) is 8.93. The van der Waals surface area contributed by atoms with Crippen LogP contribution in [0.15, 0.2) is 42.7 Å². The smallest absolute Gasteiger partial charge is 0.412 e. The van der Waals surface area contributed by atoms with Crippen molar-refractivity contribution in [1.82, 2.24) is 9.38 Å². The molecule has 10 nitrogen and oxygen atoms in total. The van der Waals surface area contributed by atoms with E-state index in [1.54, 1.807) is 39.1 Å². The van der Waals surface area contributed by atoms with E-state index in [2.05, 4.69) is 10.3 Å². The number of imidazole rings is 1. The largest absolute Gasteiger partial charge is 0.490 e. The SMILES string of the molecule is COc1cc(C(=O)c2ncc3ccc(NC(=O)OC(C)(C)C)cn23)ccc1[N+](=O)[O-]. The van der Waals surface area contributed by atoms with Crippen molar-refractivity contribution in [2.24, 2.45) is 0 Å². The van der Waals surface area contributed by atoms with E-state index in [0.29, 0.717) is 11.2 Å². The molecule has 0 spiro atoms. The minimum Gasteiger partial charge on any atom is -0.490 e. The summed E-state index contributed by atoms with van der Waals surface area (Å²) >= 11 is 0. The Kier molecular flexibility index (Phi) is 5.41. The third kappa shape index (κ3) is 4.37. The van der Waals surface area contributed by atoms with Gasteiger partial charge in [-0.25, -0.2) is 9.78 Å². The zero-order valence-electron chi connectivity index (χ0n) is 16.8. The first-order chi connectivity index (χ1) is 14.1. The first kappa shape index (κ1) is 20.8. The number of amides is 1. The number of nitro groups is 1. The van der Waals surface area contributed by atoms with Crippen molar-refractivity contribution in [2.45, 2.75) is 26.4 Å². The maximum absolute atomic E-state index is 13.0. The number of nitrogens with one attached hydrogen (secondary N) is 1. The lowest BCUT2D eigenvalue weighted by Crippen LogP contribution is -2.27. The Morgan fingerprint density at radius 3 is 2.57 bits per heavy atom. The molecule has 0 aliphatic rings. The Morgan fingerprint density at radius 1 is 1.20 bits per heavy atom. The van der Waals surface area contributed by atoms with Gasteiger partial charge in [-0.05, 0) is 45.0 Å². The first-order valence-corrected chi connectivity index (χ1v) is 8.93. The van der Waals surface area contributed by atoms with E-state index >= 15 is 0 Å². The van der Waals surface area contributed by atoms with Crippen LogP contribution in [0.1, 0.15) is 37.0 Å². The monoisotopic (exact) mass is 412 g/mol. The van der Waals surface area contributed by atoms with Gasteiger partial charge in [0.1, 0.15) is 5.60 Å². The molecule has 156 valence electrons. The summed E-state index contributed by atoms with van der Waals surface area (Å²) in [4.78, 5) is 39.6. The number of nitrogens with zero attached hydrogens (tertiary/aromatic N) is 3. The van der Waals surface area contributed by atoms with Crippen molar-refractivity contribution < 1.29 is 24.0 Å². The molecule has 3 rings (SSSR count). The molecule has 0 bridgehead atoms. The fourth-order valence-corrected chi connectivity index (χ4v) is 2.75. The average Bonchev–Trinajstić information content (AvgIpc) is 3.08. The van der Waals surface area contributed by atoms with Crippen LogP contribution < -0.4 is 10.1 Å². The molecule has 1 aromatic carbocycles. The highest BCUT2D eigenvalue weighted by molar-refractivity contribution is 6.07. The third-order valence-electron chi connectivity index (χ3n) is 4.01. The van der Waals surface area contributed by atoms with E-state index in [1.807, 2.05) is 0 Å². The molecule has 0 unspecified atom stereocenters. The Morgan fingerprint density at radius 2 is 1.93 bits per heavy atom. The van der Waals surface area contributed by atoms with Crippen molar-refractivity contribution in [2.75, 3.05) is 12.4 Å². The number of ketones is 1. The van der Waals surface area contributed by atoms with Gasteiger partial charge in [-0.1, -0.05) is 0 Å². The van der Waals surface area contributed by atoms with Gasteiger partial charge in [0.05, 0.1) is 29.4 Å². The van der Waals surface area contributed by atoms with Gasteiger partial charge < -0.3 is 9.47 Å². The summed E-state index contributed by atoms with van der Waals surface area (Å²) in [6, 6.07) is 7.19. The number of nitro benzene ring substituents is 1. The number of pyridine rings is 1. The second kappa shape index (κ2) is 7.82. The van der Waals surface area contributed by atoms with Gasteiger partial charge in [0.2, 0.25) is 5.78 Å². The molecule has 2 heterocycles. The summed E-state index contributed by atoms with van der Waals surface area (Å²) < 4.78 is 11.8. The lowest BCUT2D eigenvalue weighted by Gasteiger charge is -2.19. The molecular weight excluding hydrogens is 392 g/mol. The summed E-state index contributed by atoms with van der Waals surface area (Å²) in [5.41, 5.74) is 0.313. The molecule has 30 heavy (non-hydrogen) atoms. The number of carbonyl (C=O) groups is 2. The van der Waals surface area contributed by atoms with Gasteiger partial charge in [0.25, 0.3) is 0 Å². The summed E-state index contributed by atoms with van der Waals surface area (Å²) in [6.07, 6.45) is 2.42. The van der Waals surface area contributed by atoms with E-state index in [9.17, 15) is 19.7 Å². The Hall–Kier alpha value is -3.95. The third-order valence-corrected chi connectivity index (χ3v) is 4.01. The highest BCUT2D eigenvalue weighted by Gasteiger charge is 2.21. The van der Waals surface area contributed by atoms with Crippen molar-refractivity contribution in [3.63, 3.8) is 0 Å². The van der Waals surface area contributed by atoms with Crippen molar-refractivity contribution in [3.8, 4) is 5.75 Å². The zero-order chi connectivity index (χ0) is 22.1. The fourth-order valence-electron chi connectivity index (χ4n) is 2.75. The number of hydrogen-bond donors (Lipinski definition) is 1. The van der Waals surface area contributed by atoms with Crippen molar-refractivity contribution in [3.05, 3.63) is 64.2 Å². The number of aromatic nitrogens is 2. The number of benzene rings is 1. The molecule has 3 aromatic rings. The molecule has 0 aliphatic heterocycles. The number of carbonyl (C=O) groups excluding carboxylic acids is 2. The van der Waals surface area contributed by atoms with Crippen molar-refractivity contribution >= 4 is 28.8 Å². The minimum absolute atomic E-state index is 0.0287. The van der Waals surface area contributed by atoms with Crippen LogP contribution in [0.4, 0.5) is 16.2 Å². The topological polar surface area (TPSA) is 125 Å². The maximum Gasteiger partial charge on any atom is 0.412 e. The summed E-state index contributed by atoms with van der Waals surface area (Å²) in [6.45, 7) is 5.25. The zero-order valence-corrected chi connectivity index (χ0v) is 16.8. The van der Waals surface area contributed by atoms with E-state index in [4.69, 9.17) is 9.47 Å². The number of hydrogen-bond acceptors (Lipinski definition) is 7. The molecule has 1 N–H and O–H groups in total. The Labute approximate surface area is 171 Å². The van der Waals surface area contributed by atoms with Crippen LogP contribution in [0.3, 0.4) is 0 Å². The van der Waals surface area contributed by atoms with Gasteiger partial charge in [-0.2, -0.15) is 0 Å². The molecule has 0 fully saturated rings. The van der Waals surface area contributed by atoms with Crippen LogP contribution in [-0.4, -0.2) is 38.9 Å².